The molecule has 0 fully saturated rings. The number of methoxy groups -OCH3 is 2. The van der Waals surface area contributed by atoms with Crippen molar-refractivity contribution >= 4 is 33.3 Å². The quantitative estimate of drug-likeness (QED) is 0.198. The first-order valence-electron chi connectivity index (χ1n) is 13.3. The van der Waals surface area contributed by atoms with Crippen molar-refractivity contribution in [1.82, 2.24) is 0 Å². The second-order valence-electron chi connectivity index (χ2n) is 9.64. The van der Waals surface area contributed by atoms with Crippen molar-refractivity contribution in [3.05, 3.63) is 54.6 Å². The summed E-state index contributed by atoms with van der Waals surface area (Å²) in [5, 5.41) is 2.69. The first kappa shape index (κ1) is 34.9. The second-order valence-corrected chi connectivity index (χ2v) is 11.2. The van der Waals surface area contributed by atoms with Crippen molar-refractivity contribution in [2.24, 2.45) is 0 Å². The van der Waals surface area contributed by atoms with Gasteiger partial charge in [0.15, 0.2) is 11.6 Å². The number of rotatable bonds is 16. The molecular weight excluding hydrogens is 534 g/mol. The molecule has 1 amide bonds. The number of hydrogen-bond acceptors (Lipinski definition) is 8. The lowest BCUT2D eigenvalue weighted by molar-refractivity contribution is -0.137. The average molecular weight is 578 g/mol. The Balaban J connectivity index is 0.00000101. The molecule has 0 radical (unpaired) electrons. The monoisotopic (exact) mass is 577 g/mol. The Morgan fingerprint density at radius 3 is 2.00 bits per heavy atom. The third-order valence-electron chi connectivity index (χ3n) is 6.56. The van der Waals surface area contributed by atoms with Gasteiger partial charge >= 0.3 is 10.1 Å². The van der Waals surface area contributed by atoms with Crippen LogP contribution in [0.3, 0.4) is 0 Å². The molecular formula is C30H43NO8S. The highest BCUT2D eigenvalue weighted by molar-refractivity contribution is 7.87. The van der Waals surface area contributed by atoms with Crippen molar-refractivity contribution in [3.63, 3.8) is 0 Å². The zero-order chi connectivity index (χ0) is 30.2. The zero-order valence-corrected chi connectivity index (χ0v) is 25.2. The van der Waals surface area contributed by atoms with E-state index in [2.05, 4.69) is 10.1 Å². The smallest absolute Gasteiger partial charge is 0.341 e. The van der Waals surface area contributed by atoms with Gasteiger partial charge in [-0.15, -0.1) is 0 Å². The molecule has 0 saturated heterocycles. The third kappa shape index (κ3) is 12.4. The number of anilines is 1. The predicted octanol–water partition coefficient (Wildman–Crippen LogP) is 5.73. The maximum absolute atomic E-state index is 12.7. The molecule has 0 aliphatic carbocycles. The Kier molecular flexibility index (Phi) is 15.4. The molecule has 2 rings (SSSR count). The Morgan fingerprint density at radius 2 is 1.45 bits per heavy atom. The Labute approximate surface area is 238 Å². The Hall–Kier alpha value is -3.08. The van der Waals surface area contributed by atoms with Crippen molar-refractivity contribution < 1.29 is 36.5 Å². The van der Waals surface area contributed by atoms with Crippen LogP contribution in [0.1, 0.15) is 72.6 Å². The zero-order valence-electron chi connectivity index (χ0n) is 24.4. The minimum absolute atomic E-state index is 0.0261. The van der Waals surface area contributed by atoms with Crippen LogP contribution in [-0.2, 0) is 34.0 Å². The van der Waals surface area contributed by atoms with Gasteiger partial charge < -0.3 is 19.0 Å². The number of hydrogen-bond donors (Lipinski definition) is 1. The topological polar surface area (TPSA) is 125 Å². The summed E-state index contributed by atoms with van der Waals surface area (Å²) in [5.74, 6) is 0.0503. The molecule has 0 aliphatic heterocycles. The average Bonchev–Trinajstić information content (AvgIpc) is 2.92. The van der Waals surface area contributed by atoms with Gasteiger partial charge in [-0.25, -0.2) is 0 Å². The summed E-state index contributed by atoms with van der Waals surface area (Å²) in [5.41, 5.74) is -0.529. The van der Waals surface area contributed by atoms with Gasteiger partial charge in [0, 0.05) is 20.6 Å². The van der Waals surface area contributed by atoms with Crippen LogP contribution in [0.15, 0.2) is 59.5 Å². The summed E-state index contributed by atoms with van der Waals surface area (Å²) in [7, 11) is -1.02. The SMILES string of the molecule is COC(C)(CCCCCCCC(=O)Nc1ccccc1S(=O)(=O)Oc1ccccc1)C(C)=O.COC(C)C(C)=O. The predicted molar refractivity (Wildman–Crippen MR) is 155 cm³/mol. The third-order valence-corrected chi connectivity index (χ3v) is 7.87. The lowest BCUT2D eigenvalue weighted by atomic mass is 9.94. The Bertz CT molecular complexity index is 1180. The van der Waals surface area contributed by atoms with E-state index in [1.54, 1.807) is 69.5 Å². The molecule has 0 bridgehead atoms. The first-order valence-corrected chi connectivity index (χ1v) is 14.7. The Morgan fingerprint density at radius 1 is 0.875 bits per heavy atom. The van der Waals surface area contributed by atoms with Gasteiger partial charge in [0.05, 0.1) is 5.69 Å². The number of carbonyl (C=O) groups is 3. The molecule has 0 heterocycles. The van der Waals surface area contributed by atoms with Crippen molar-refractivity contribution in [2.45, 2.75) is 89.2 Å². The lowest BCUT2D eigenvalue weighted by Crippen LogP contribution is -2.35. The molecule has 0 saturated carbocycles. The van der Waals surface area contributed by atoms with Crippen LogP contribution in [0.2, 0.25) is 0 Å². The van der Waals surface area contributed by atoms with Crippen LogP contribution in [0.5, 0.6) is 5.75 Å². The normalized spacial score (nSPS) is 13.2. The summed E-state index contributed by atoms with van der Waals surface area (Å²) in [6.07, 6.45) is 5.06. The molecule has 9 nitrogen and oxygen atoms in total. The van der Waals surface area contributed by atoms with E-state index in [0.29, 0.717) is 12.8 Å². The maximum Gasteiger partial charge on any atom is 0.341 e. The van der Waals surface area contributed by atoms with Crippen molar-refractivity contribution in [2.75, 3.05) is 19.5 Å². The number of para-hydroxylation sites is 2. The minimum Gasteiger partial charge on any atom is -0.379 e. The number of benzene rings is 2. The number of ether oxygens (including phenoxy) is 2. The van der Waals surface area contributed by atoms with Crippen LogP contribution in [-0.4, -0.2) is 51.8 Å². The molecule has 0 spiro atoms. The molecule has 40 heavy (non-hydrogen) atoms. The van der Waals surface area contributed by atoms with Crippen LogP contribution in [0, 0.1) is 0 Å². The van der Waals surface area contributed by atoms with Gasteiger partial charge in [-0.1, -0.05) is 56.0 Å². The number of carbonyl (C=O) groups excluding carboxylic acids is 3. The number of nitrogens with one attached hydrogen (secondary N) is 1. The van der Waals surface area contributed by atoms with Gasteiger partial charge in [-0.2, -0.15) is 8.42 Å². The van der Waals surface area contributed by atoms with Gasteiger partial charge in [-0.3, -0.25) is 14.4 Å². The standard InChI is InChI=1S/C25H33NO6S.C5H10O2/c1-20(27)25(2,31-3)19-13-6-4-5-10-18-24(28)26-22-16-11-12-17-23(22)33(29,30)32-21-14-8-7-9-15-21;1-4(6)5(2)7-3/h7-9,11-12,14-17H,4-6,10,13,18-19H2,1-3H3,(H,26,28);5H,1-3H3. The van der Waals surface area contributed by atoms with E-state index in [-0.39, 0.29) is 46.3 Å². The number of unbranched alkanes of at least 4 members (excludes halogenated alkanes) is 4. The fourth-order valence-corrected chi connectivity index (χ4v) is 4.60. The fourth-order valence-electron chi connectivity index (χ4n) is 3.51. The highest BCUT2D eigenvalue weighted by Crippen LogP contribution is 2.25. The summed E-state index contributed by atoms with van der Waals surface area (Å²) < 4.78 is 40.6. The molecule has 222 valence electrons. The second kappa shape index (κ2) is 17.6. The molecule has 2 atom stereocenters. The van der Waals surface area contributed by atoms with E-state index < -0.39 is 15.7 Å². The minimum atomic E-state index is -4.09. The largest absolute Gasteiger partial charge is 0.379 e. The molecule has 10 heteroatoms. The van der Waals surface area contributed by atoms with Crippen LogP contribution in [0.25, 0.3) is 0 Å². The molecule has 0 aromatic heterocycles. The van der Waals surface area contributed by atoms with Gasteiger partial charge in [-0.05, 0) is 64.8 Å². The van der Waals surface area contributed by atoms with E-state index in [4.69, 9.17) is 8.92 Å². The van der Waals surface area contributed by atoms with E-state index in [0.717, 1.165) is 25.7 Å². The summed E-state index contributed by atoms with van der Waals surface area (Å²) >= 11 is 0. The molecule has 0 aliphatic rings. The highest BCUT2D eigenvalue weighted by atomic mass is 32.2. The van der Waals surface area contributed by atoms with Crippen LogP contribution in [0.4, 0.5) is 5.69 Å². The van der Waals surface area contributed by atoms with E-state index in [1.165, 1.54) is 20.1 Å². The number of Topliss-reactive ketones (excluding diaryl/α,β-unsaturated/α-hetero) is 2. The number of ketones is 2. The highest BCUT2D eigenvalue weighted by Gasteiger charge is 2.28. The summed E-state index contributed by atoms with van der Waals surface area (Å²) in [6.45, 7) is 6.58. The first-order chi connectivity index (χ1) is 18.9. The van der Waals surface area contributed by atoms with E-state index >= 15 is 0 Å². The van der Waals surface area contributed by atoms with Crippen molar-refractivity contribution in [1.29, 1.82) is 0 Å². The number of amides is 1. The van der Waals surface area contributed by atoms with E-state index in [1.807, 2.05) is 6.92 Å². The molecule has 2 aromatic rings. The molecule has 1 N–H and O–H groups in total. The maximum atomic E-state index is 12.7. The lowest BCUT2D eigenvalue weighted by Gasteiger charge is -2.24. The van der Waals surface area contributed by atoms with Crippen molar-refractivity contribution in [3.8, 4) is 5.75 Å². The van der Waals surface area contributed by atoms with Crippen LogP contribution >= 0.6 is 0 Å². The van der Waals surface area contributed by atoms with Gasteiger partial charge in [0.1, 0.15) is 22.4 Å². The van der Waals surface area contributed by atoms with Gasteiger partial charge in [0.2, 0.25) is 5.91 Å². The fraction of sp³-hybridized carbons (Fsp3) is 0.500. The summed E-state index contributed by atoms with van der Waals surface area (Å²) in [4.78, 5) is 34.2. The summed E-state index contributed by atoms with van der Waals surface area (Å²) in [6, 6.07) is 14.4. The molecule has 2 unspecified atom stereocenters. The molecule has 2 aromatic carbocycles. The van der Waals surface area contributed by atoms with Crippen LogP contribution < -0.4 is 9.50 Å². The van der Waals surface area contributed by atoms with E-state index in [9.17, 15) is 22.8 Å². The van der Waals surface area contributed by atoms with Gasteiger partial charge in [0.25, 0.3) is 0 Å².